The SMILES string of the molecule is Cc1cccc2c(C(C)C)c3n(c12)CCNC3. The molecule has 0 unspecified atom stereocenters. The van der Waals surface area contributed by atoms with E-state index in [0.717, 1.165) is 19.6 Å². The lowest BCUT2D eigenvalue weighted by atomic mass is 9.98. The zero-order valence-corrected chi connectivity index (χ0v) is 10.9. The molecule has 2 aromatic rings. The summed E-state index contributed by atoms with van der Waals surface area (Å²) in [7, 11) is 0. The number of hydrogen-bond acceptors (Lipinski definition) is 1. The highest BCUT2D eigenvalue weighted by atomic mass is 15.1. The first-order valence-electron chi connectivity index (χ1n) is 6.51. The molecule has 1 aliphatic rings. The normalized spacial score (nSPS) is 15.5. The number of fused-ring (bicyclic) bond motifs is 3. The molecule has 1 aliphatic heterocycles. The highest BCUT2D eigenvalue weighted by Crippen LogP contribution is 2.34. The van der Waals surface area contributed by atoms with Gasteiger partial charge in [-0.15, -0.1) is 0 Å². The van der Waals surface area contributed by atoms with Crippen LogP contribution in [0.25, 0.3) is 10.9 Å². The van der Waals surface area contributed by atoms with Crippen molar-refractivity contribution in [3.05, 3.63) is 35.0 Å². The van der Waals surface area contributed by atoms with Crippen molar-refractivity contribution >= 4 is 10.9 Å². The molecule has 1 aromatic heterocycles. The van der Waals surface area contributed by atoms with Gasteiger partial charge in [0.25, 0.3) is 0 Å². The summed E-state index contributed by atoms with van der Waals surface area (Å²) in [6.45, 7) is 10.0. The van der Waals surface area contributed by atoms with Gasteiger partial charge in [-0.1, -0.05) is 32.0 Å². The Morgan fingerprint density at radius 3 is 2.88 bits per heavy atom. The molecule has 0 fully saturated rings. The monoisotopic (exact) mass is 228 g/mol. The van der Waals surface area contributed by atoms with E-state index in [4.69, 9.17) is 0 Å². The molecule has 3 rings (SSSR count). The Hall–Kier alpha value is -1.28. The van der Waals surface area contributed by atoms with E-state index in [1.165, 1.54) is 27.7 Å². The van der Waals surface area contributed by atoms with Gasteiger partial charge in [0.2, 0.25) is 0 Å². The van der Waals surface area contributed by atoms with Gasteiger partial charge in [-0.3, -0.25) is 0 Å². The smallest absolute Gasteiger partial charge is 0.0516 e. The van der Waals surface area contributed by atoms with E-state index in [1.54, 1.807) is 0 Å². The van der Waals surface area contributed by atoms with E-state index < -0.39 is 0 Å². The summed E-state index contributed by atoms with van der Waals surface area (Å²) in [5, 5.41) is 4.95. The van der Waals surface area contributed by atoms with E-state index >= 15 is 0 Å². The third-order valence-electron chi connectivity index (χ3n) is 3.82. The lowest BCUT2D eigenvalue weighted by molar-refractivity contribution is 0.520. The highest BCUT2D eigenvalue weighted by Gasteiger charge is 2.21. The number of aryl methyl sites for hydroxylation is 1. The van der Waals surface area contributed by atoms with Crippen molar-refractivity contribution in [1.29, 1.82) is 0 Å². The molecule has 90 valence electrons. The largest absolute Gasteiger partial charge is 0.342 e. The van der Waals surface area contributed by atoms with Crippen molar-refractivity contribution in [2.75, 3.05) is 6.54 Å². The van der Waals surface area contributed by atoms with Crippen molar-refractivity contribution in [2.24, 2.45) is 0 Å². The Morgan fingerprint density at radius 2 is 2.12 bits per heavy atom. The highest BCUT2D eigenvalue weighted by molar-refractivity contribution is 5.88. The molecule has 0 saturated carbocycles. The fourth-order valence-electron chi connectivity index (χ4n) is 3.15. The Kier molecular flexibility index (Phi) is 2.48. The Labute approximate surface area is 103 Å². The van der Waals surface area contributed by atoms with E-state index in [0.29, 0.717) is 5.92 Å². The van der Waals surface area contributed by atoms with Crippen LogP contribution in [0.4, 0.5) is 0 Å². The number of aromatic nitrogens is 1. The summed E-state index contributed by atoms with van der Waals surface area (Å²) in [6, 6.07) is 6.69. The first-order valence-corrected chi connectivity index (χ1v) is 6.51. The van der Waals surface area contributed by atoms with Gasteiger partial charge in [-0.2, -0.15) is 0 Å². The summed E-state index contributed by atoms with van der Waals surface area (Å²) >= 11 is 0. The number of benzene rings is 1. The van der Waals surface area contributed by atoms with Gasteiger partial charge in [0.05, 0.1) is 5.52 Å². The predicted molar refractivity (Wildman–Crippen MR) is 72.5 cm³/mol. The molecule has 1 N–H and O–H groups in total. The van der Waals surface area contributed by atoms with Gasteiger partial charge in [-0.05, 0) is 24.0 Å². The minimum Gasteiger partial charge on any atom is -0.342 e. The lowest BCUT2D eigenvalue weighted by Gasteiger charge is -2.20. The number of nitrogens with zero attached hydrogens (tertiary/aromatic N) is 1. The number of nitrogens with one attached hydrogen (secondary N) is 1. The molecule has 17 heavy (non-hydrogen) atoms. The maximum absolute atomic E-state index is 3.50. The molecule has 2 nitrogen and oxygen atoms in total. The summed E-state index contributed by atoms with van der Waals surface area (Å²) in [6.07, 6.45) is 0. The van der Waals surface area contributed by atoms with Crippen molar-refractivity contribution < 1.29 is 0 Å². The van der Waals surface area contributed by atoms with Crippen LogP contribution in [0.15, 0.2) is 18.2 Å². The van der Waals surface area contributed by atoms with E-state index in [1.807, 2.05) is 0 Å². The molecule has 0 aliphatic carbocycles. The maximum atomic E-state index is 3.50. The van der Waals surface area contributed by atoms with E-state index in [9.17, 15) is 0 Å². The van der Waals surface area contributed by atoms with Crippen LogP contribution >= 0.6 is 0 Å². The van der Waals surface area contributed by atoms with Crippen LogP contribution in [0, 0.1) is 6.92 Å². The second-order valence-electron chi connectivity index (χ2n) is 5.31. The van der Waals surface area contributed by atoms with Gasteiger partial charge in [0, 0.05) is 30.7 Å². The summed E-state index contributed by atoms with van der Waals surface area (Å²) in [4.78, 5) is 0. The topological polar surface area (TPSA) is 17.0 Å². The number of rotatable bonds is 1. The minimum atomic E-state index is 0.593. The number of para-hydroxylation sites is 1. The molecule has 0 spiro atoms. The molecular weight excluding hydrogens is 208 g/mol. The third-order valence-corrected chi connectivity index (χ3v) is 3.82. The van der Waals surface area contributed by atoms with Gasteiger partial charge >= 0.3 is 0 Å². The molecule has 0 amide bonds. The molecule has 2 heteroatoms. The fourth-order valence-corrected chi connectivity index (χ4v) is 3.15. The summed E-state index contributed by atoms with van der Waals surface area (Å²) < 4.78 is 2.52. The van der Waals surface area contributed by atoms with Crippen LogP contribution < -0.4 is 5.32 Å². The first kappa shape index (κ1) is 10.8. The van der Waals surface area contributed by atoms with Gasteiger partial charge in [-0.25, -0.2) is 0 Å². The van der Waals surface area contributed by atoms with Crippen LogP contribution in [-0.4, -0.2) is 11.1 Å². The molecule has 0 bridgehead atoms. The Morgan fingerprint density at radius 1 is 1.29 bits per heavy atom. The Balaban J connectivity index is 2.42. The molecule has 2 heterocycles. The molecule has 0 radical (unpaired) electrons. The van der Waals surface area contributed by atoms with Crippen molar-refractivity contribution in [3.63, 3.8) is 0 Å². The van der Waals surface area contributed by atoms with Gasteiger partial charge in [0.1, 0.15) is 0 Å². The van der Waals surface area contributed by atoms with Crippen LogP contribution in [0.2, 0.25) is 0 Å². The first-order chi connectivity index (χ1) is 8.20. The van der Waals surface area contributed by atoms with Crippen molar-refractivity contribution in [2.45, 2.75) is 39.8 Å². The minimum absolute atomic E-state index is 0.593. The third kappa shape index (κ3) is 1.51. The van der Waals surface area contributed by atoms with Gasteiger partial charge in [0.15, 0.2) is 0 Å². The molecule has 1 aromatic carbocycles. The standard InChI is InChI=1S/C15H20N2/c1-10(2)14-12-6-4-5-11(3)15(12)17-8-7-16-9-13(14)17/h4-6,10,16H,7-9H2,1-3H3. The quantitative estimate of drug-likeness (QED) is 0.793. The second-order valence-corrected chi connectivity index (χ2v) is 5.31. The Bertz CT molecular complexity index is 564. The van der Waals surface area contributed by atoms with Crippen LogP contribution in [0.3, 0.4) is 0 Å². The zero-order chi connectivity index (χ0) is 12.0. The van der Waals surface area contributed by atoms with Crippen molar-refractivity contribution in [1.82, 2.24) is 9.88 Å². The molecule has 0 atom stereocenters. The van der Waals surface area contributed by atoms with Crippen molar-refractivity contribution in [3.8, 4) is 0 Å². The summed E-state index contributed by atoms with van der Waals surface area (Å²) in [5.41, 5.74) is 5.89. The fraction of sp³-hybridized carbons (Fsp3) is 0.467. The zero-order valence-electron chi connectivity index (χ0n) is 10.9. The molecular formula is C15H20N2. The van der Waals surface area contributed by atoms with Crippen LogP contribution in [-0.2, 0) is 13.1 Å². The lowest BCUT2D eigenvalue weighted by Crippen LogP contribution is -2.28. The number of hydrogen-bond donors (Lipinski definition) is 1. The molecule has 0 saturated heterocycles. The second kappa shape index (κ2) is 3.88. The predicted octanol–water partition coefficient (Wildman–Crippen LogP) is 3.18. The average Bonchev–Trinajstić information content (AvgIpc) is 2.64. The van der Waals surface area contributed by atoms with E-state index in [-0.39, 0.29) is 0 Å². The maximum Gasteiger partial charge on any atom is 0.0516 e. The summed E-state index contributed by atoms with van der Waals surface area (Å²) in [5.74, 6) is 0.593. The van der Waals surface area contributed by atoms with Crippen LogP contribution in [0.1, 0.15) is 36.6 Å². The van der Waals surface area contributed by atoms with Gasteiger partial charge < -0.3 is 9.88 Å². The average molecular weight is 228 g/mol. The van der Waals surface area contributed by atoms with Crippen LogP contribution in [0.5, 0.6) is 0 Å². The van der Waals surface area contributed by atoms with E-state index in [2.05, 4.69) is 48.9 Å².